The van der Waals surface area contributed by atoms with Crippen molar-refractivity contribution in [1.82, 2.24) is 15.0 Å². The lowest BCUT2D eigenvalue weighted by Crippen LogP contribution is -2.37. The first-order valence-corrected chi connectivity index (χ1v) is 6.98. The molecule has 0 spiro atoms. The van der Waals surface area contributed by atoms with Crippen LogP contribution in [0.5, 0.6) is 0 Å². The Bertz CT molecular complexity index is 420. The highest BCUT2D eigenvalue weighted by Gasteiger charge is 2.16. The summed E-state index contributed by atoms with van der Waals surface area (Å²) in [7, 11) is 0. The van der Waals surface area contributed by atoms with Crippen LogP contribution in [0.4, 0.5) is 17.8 Å². The Morgan fingerprint density at radius 3 is 2.55 bits per heavy atom. The number of hydrazine groups is 1. The van der Waals surface area contributed by atoms with E-state index in [0.29, 0.717) is 37.0 Å². The van der Waals surface area contributed by atoms with E-state index in [9.17, 15) is 0 Å². The van der Waals surface area contributed by atoms with Crippen molar-refractivity contribution < 1.29 is 4.74 Å². The molecule has 0 amide bonds. The molecule has 1 aliphatic rings. The van der Waals surface area contributed by atoms with E-state index in [2.05, 4.69) is 44.4 Å². The van der Waals surface area contributed by atoms with Crippen LogP contribution < -0.4 is 21.5 Å². The van der Waals surface area contributed by atoms with Gasteiger partial charge in [-0.15, -0.1) is 0 Å². The van der Waals surface area contributed by atoms with E-state index in [-0.39, 0.29) is 0 Å². The van der Waals surface area contributed by atoms with Gasteiger partial charge in [0.25, 0.3) is 0 Å². The van der Waals surface area contributed by atoms with E-state index >= 15 is 0 Å². The third-order valence-electron chi connectivity index (χ3n) is 3.05. The van der Waals surface area contributed by atoms with E-state index in [4.69, 9.17) is 10.6 Å². The second-order valence-electron chi connectivity index (χ2n) is 5.14. The van der Waals surface area contributed by atoms with Gasteiger partial charge in [0.2, 0.25) is 17.8 Å². The first-order valence-electron chi connectivity index (χ1n) is 6.98. The molecule has 0 aliphatic carbocycles. The quantitative estimate of drug-likeness (QED) is 0.510. The largest absolute Gasteiger partial charge is 0.378 e. The van der Waals surface area contributed by atoms with Crippen LogP contribution in [0.15, 0.2) is 0 Å². The number of nitrogens with two attached hydrogens (primary N) is 1. The zero-order valence-corrected chi connectivity index (χ0v) is 12.1. The number of morpholine rings is 1. The van der Waals surface area contributed by atoms with Crippen molar-refractivity contribution in [2.45, 2.75) is 20.3 Å². The summed E-state index contributed by atoms with van der Waals surface area (Å²) in [4.78, 5) is 15.0. The standard InChI is InChI=1S/C12H23N7O/c1-9(2)3-4-14-10-15-11(18-13)17-12(16-10)19-5-7-20-8-6-19/h9H,3-8,13H2,1-2H3,(H2,14,15,16,17,18). The Labute approximate surface area is 119 Å². The van der Waals surface area contributed by atoms with Gasteiger partial charge in [0, 0.05) is 19.6 Å². The predicted octanol–water partition coefficient (Wildman–Crippen LogP) is 0.452. The monoisotopic (exact) mass is 281 g/mol. The molecule has 0 bridgehead atoms. The molecule has 1 saturated heterocycles. The number of aromatic nitrogens is 3. The maximum atomic E-state index is 5.42. The van der Waals surface area contributed by atoms with E-state index in [1.807, 2.05) is 0 Å². The number of hydrogen-bond acceptors (Lipinski definition) is 8. The fourth-order valence-electron chi connectivity index (χ4n) is 1.89. The van der Waals surface area contributed by atoms with E-state index < -0.39 is 0 Å². The number of hydrogen-bond donors (Lipinski definition) is 3. The van der Waals surface area contributed by atoms with Gasteiger partial charge in [0.1, 0.15) is 0 Å². The molecular formula is C12H23N7O. The number of rotatable bonds is 6. The number of nitrogens with zero attached hydrogens (tertiary/aromatic N) is 4. The summed E-state index contributed by atoms with van der Waals surface area (Å²) in [5, 5.41) is 3.21. The van der Waals surface area contributed by atoms with Crippen molar-refractivity contribution in [3.05, 3.63) is 0 Å². The van der Waals surface area contributed by atoms with E-state index in [1.165, 1.54) is 0 Å². The third-order valence-corrected chi connectivity index (χ3v) is 3.05. The fraction of sp³-hybridized carbons (Fsp3) is 0.750. The zero-order chi connectivity index (χ0) is 14.4. The van der Waals surface area contributed by atoms with Crippen LogP contribution >= 0.6 is 0 Å². The van der Waals surface area contributed by atoms with Crippen LogP contribution in [0.3, 0.4) is 0 Å². The Kier molecular flexibility index (Phi) is 5.31. The minimum atomic E-state index is 0.369. The van der Waals surface area contributed by atoms with Gasteiger partial charge in [-0.1, -0.05) is 13.8 Å². The summed E-state index contributed by atoms with van der Waals surface area (Å²) in [6, 6.07) is 0. The maximum absolute atomic E-state index is 5.42. The molecule has 0 aromatic carbocycles. The summed E-state index contributed by atoms with van der Waals surface area (Å²) < 4.78 is 5.33. The predicted molar refractivity (Wildman–Crippen MR) is 78.6 cm³/mol. The maximum Gasteiger partial charge on any atom is 0.243 e. The van der Waals surface area contributed by atoms with Crippen molar-refractivity contribution in [2.24, 2.45) is 11.8 Å². The SMILES string of the molecule is CC(C)CCNc1nc(NN)nc(N2CCOCC2)n1. The average molecular weight is 281 g/mol. The van der Waals surface area contributed by atoms with Crippen LogP contribution in [0.1, 0.15) is 20.3 Å². The summed E-state index contributed by atoms with van der Waals surface area (Å²) in [6.45, 7) is 8.12. The second kappa shape index (κ2) is 7.20. The van der Waals surface area contributed by atoms with Crippen molar-refractivity contribution in [1.29, 1.82) is 0 Å². The molecule has 8 nitrogen and oxygen atoms in total. The number of nitrogen functional groups attached to an aromatic ring is 1. The van der Waals surface area contributed by atoms with E-state index in [0.717, 1.165) is 26.1 Å². The zero-order valence-electron chi connectivity index (χ0n) is 12.1. The summed E-state index contributed by atoms with van der Waals surface area (Å²) in [6.07, 6.45) is 1.06. The van der Waals surface area contributed by atoms with Crippen molar-refractivity contribution in [2.75, 3.05) is 48.5 Å². The van der Waals surface area contributed by atoms with Gasteiger partial charge in [-0.25, -0.2) is 5.84 Å². The highest BCUT2D eigenvalue weighted by molar-refractivity contribution is 5.43. The van der Waals surface area contributed by atoms with Gasteiger partial charge in [-0.05, 0) is 12.3 Å². The molecular weight excluding hydrogens is 258 g/mol. The minimum Gasteiger partial charge on any atom is -0.378 e. The lowest BCUT2D eigenvalue weighted by Gasteiger charge is -2.27. The van der Waals surface area contributed by atoms with Crippen LogP contribution in [0.2, 0.25) is 0 Å². The van der Waals surface area contributed by atoms with Gasteiger partial charge < -0.3 is 15.0 Å². The summed E-state index contributed by atoms with van der Waals surface area (Å²) in [5.74, 6) is 7.60. The molecule has 0 radical (unpaired) electrons. The van der Waals surface area contributed by atoms with Gasteiger partial charge in [0.15, 0.2) is 0 Å². The number of nitrogens with one attached hydrogen (secondary N) is 2. The van der Waals surface area contributed by atoms with Gasteiger partial charge in [0.05, 0.1) is 13.2 Å². The van der Waals surface area contributed by atoms with Crippen LogP contribution in [-0.4, -0.2) is 47.8 Å². The molecule has 0 unspecified atom stereocenters. The lowest BCUT2D eigenvalue weighted by atomic mass is 10.1. The molecule has 1 fully saturated rings. The Morgan fingerprint density at radius 1 is 1.20 bits per heavy atom. The molecule has 0 saturated carbocycles. The molecule has 0 atom stereocenters. The molecule has 2 heterocycles. The molecule has 1 aliphatic heterocycles. The molecule has 2 rings (SSSR count). The Morgan fingerprint density at radius 2 is 1.90 bits per heavy atom. The third kappa shape index (κ3) is 4.17. The van der Waals surface area contributed by atoms with Crippen molar-refractivity contribution in [3.8, 4) is 0 Å². The first kappa shape index (κ1) is 14.7. The highest BCUT2D eigenvalue weighted by Crippen LogP contribution is 2.14. The number of anilines is 3. The first-order chi connectivity index (χ1) is 9.69. The summed E-state index contributed by atoms with van der Waals surface area (Å²) >= 11 is 0. The van der Waals surface area contributed by atoms with Gasteiger partial charge in [-0.3, -0.25) is 5.43 Å². The highest BCUT2D eigenvalue weighted by atomic mass is 16.5. The summed E-state index contributed by atoms with van der Waals surface area (Å²) in [5.41, 5.74) is 2.49. The fourth-order valence-corrected chi connectivity index (χ4v) is 1.89. The Balaban J connectivity index is 2.06. The van der Waals surface area contributed by atoms with Crippen molar-refractivity contribution in [3.63, 3.8) is 0 Å². The molecule has 1 aromatic rings. The molecule has 112 valence electrons. The normalized spacial score (nSPS) is 15.5. The van der Waals surface area contributed by atoms with Crippen LogP contribution in [0, 0.1) is 5.92 Å². The topological polar surface area (TPSA) is 101 Å². The number of ether oxygens (including phenoxy) is 1. The van der Waals surface area contributed by atoms with Crippen LogP contribution in [-0.2, 0) is 4.74 Å². The molecule has 1 aromatic heterocycles. The average Bonchev–Trinajstić information content (AvgIpc) is 2.47. The molecule has 4 N–H and O–H groups in total. The molecule has 8 heteroatoms. The van der Waals surface area contributed by atoms with E-state index in [1.54, 1.807) is 0 Å². The van der Waals surface area contributed by atoms with Crippen LogP contribution in [0.25, 0.3) is 0 Å². The van der Waals surface area contributed by atoms with Gasteiger partial charge in [-0.2, -0.15) is 15.0 Å². The molecule has 20 heavy (non-hydrogen) atoms. The smallest absolute Gasteiger partial charge is 0.243 e. The van der Waals surface area contributed by atoms with Gasteiger partial charge >= 0.3 is 0 Å². The minimum absolute atomic E-state index is 0.369. The second-order valence-corrected chi connectivity index (χ2v) is 5.14. The lowest BCUT2D eigenvalue weighted by molar-refractivity contribution is 0.122. The van der Waals surface area contributed by atoms with Crippen molar-refractivity contribution >= 4 is 17.8 Å². The Hall–Kier alpha value is -1.67.